The van der Waals surface area contributed by atoms with Crippen molar-refractivity contribution in [3.8, 4) is 5.88 Å². The van der Waals surface area contributed by atoms with Gasteiger partial charge in [0.05, 0.1) is 12.3 Å². The van der Waals surface area contributed by atoms with E-state index in [1.165, 1.54) is 6.08 Å². The standard InChI is InChI=1S/C17H17NO4/c1-2-21-17(20)15(19)11-14-9-6-10-16(18-14)22-12-13-7-4-3-5-8-13/h3-11,19H,2,12H2,1H3/b15-11-. The van der Waals surface area contributed by atoms with Crippen molar-refractivity contribution in [2.45, 2.75) is 13.5 Å². The van der Waals surface area contributed by atoms with Gasteiger partial charge in [-0.15, -0.1) is 0 Å². The summed E-state index contributed by atoms with van der Waals surface area (Å²) in [5.74, 6) is -0.858. The van der Waals surface area contributed by atoms with E-state index in [-0.39, 0.29) is 6.61 Å². The Morgan fingerprint density at radius 2 is 1.95 bits per heavy atom. The molecule has 0 aliphatic heterocycles. The Bertz CT molecular complexity index is 653. The molecule has 22 heavy (non-hydrogen) atoms. The molecule has 0 saturated carbocycles. The molecule has 0 spiro atoms. The lowest BCUT2D eigenvalue weighted by molar-refractivity contribution is -0.141. The van der Waals surface area contributed by atoms with Crippen molar-refractivity contribution in [2.24, 2.45) is 0 Å². The zero-order valence-corrected chi connectivity index (χ0v) is 12.2. The van der Waals surface area contributed by atoms with Gasteiger partial charge in [-0.3, -0.25) is 0 Å². The van der Waals surface area contributed by atoms with Gasteiger partial charge in [0.2, 0.25) is 11.6 Å². The van der Waals surface area contributed by atoms with Crippen molar-refractivity contribution >= 4 is 12.0 Å². The minimum Gasteiger partial charge on any atom is -0.502 e. The summed E-state index contributed by atoms with van der Waals surface area (Å²) < 4.78 is 10.3. The van der Waals surface area contributed by atoms with E-state index in [4.69, 9.17) is 9.47 Å². The monoisotopic (exact) mass is 299 g/mol. The predicted molar refractivity (Wildman–Crippen MR) is 82.2 cm³/mol. The van der Waals surface area contributed by atoms with Crippen molar-refractivity contribution in [1.29, 1.82) is 0 Å². The summed E-state index contributed by atoms with van der Waals surface area (Å²) in [6, 6.07) is 14.8. The van der Waals surface area contributed by atoms with Crippen molar-refractivity contribution in [2.75, 3.05) is 6.61 Å². The van der Waals surface area contributed by atoms with Crippen LogP contribution >= 0.6 is 0 Å². The second-order valence-electron chi connectivity index (χ2n) is 4.43. The van der Waals surface area contributed by atoms with Gasteiger partial charge in [0.1, 0.15) is 6.61 Å². The molecule has 0 bridgehead atoms. The summed E-state index contributed by atoms with van der Waals surface area (Å²) in [6.45, 7) is 2.26. The van der Waals surface area contributed by atoms with Gasteiger partial charge in [0.15, 0.2) is 0 Å². The number of hydrogen-bond donors (Lipinski definition) is 1. The van der Waals surface area contributed by atoms with Crippen LogP contribution in [0.25, 0.3) is 6.08 Å². The lowest BCUT2D eigenvalue weighted by Gasteiger charge is -2.06. The van der Waals surface area contributed by atoms with Crippen LogP contribution in [0.1, 0.15) is 18.2 Å². The lowest BCUT2D eigenvalue weighted by Crippen LogP contribution is -2.07. The average Bonchev–Trinajstić information content (AvgIpc) is 2.54. The Hall–Kier alpha value is -2.82. The molecule has 0 unspecified atom stereocenters. The molecule has 0 radical (unpaired) electrons. The molecule has 1 N–H and O–H groups in total. The van der Waals surface area contributed by atoms with Crippen molar-refractivity contribution in [3.63, 3.8) is 0 Å². The number of pyridine rings is 1. The van der Waals surface area contributed by atoms with Crippen LogP contribution in [0.3, 0.4) is 0 Å². The highest BCUT2D eigenvalue weighted by molar-refractivity contribution is 5.90. The molecule has 5 heteroatoms. The zero-order valence-electron chi connectivity index (χ0n) is 12.2. The van der Waals surface area contributed by atoms with E-state index < -0.39 is 11.7 Å². The summed E-state index contributed by atoms with van der Waals surface area (Å²) >= 11 is 0. The smallest absolute Gasteiger partial charge is 0.373 e. The highest BCUT2D eigenvalue weighted by Crippen LogP contribution is 2.12. The number of nitrogens with zero attached hydrogens (tertiary/aromatic N) is 1. The number of aliphatic hydroxyl groups is 1. The molecular weight excluding hydrogens is 282 g/mol. The van der Waals surface area contributed by atoms with Crippen LogP contribution in [-0.4, -0.2) is 22.7 Å². The molecule has 0 fully saturated rings. The number of aliphatic hydroxyl groups excluding tert-OH is 1. The molecular formula is C17H17NO4. The van der Waals surface area contributed by atoms with Gasteiger partial charge >= 0.3 is 5.97 Å². The minimum atomic E-state index is -0.778. The highest BCUT2D eigenvalue weighted by atomic mass is 16.5. The minimum absolute atomic E-state index is 0.199. The molecule has 0 aliphatic rings. The van der Waals surface area contributed by atoms with Gasteiger partial charge in [0, 0.05) is 12.1 Å². The van der Waals surface area contributed by atoms with Crippen LogP contribution in [-0.2, 0) is 16.1 Å². The van der Waals surface area contributed by atoms with E-state index in [2.05, 4.69) is 4.98 Å². The van der Waals surface area contributed by atoms with Gasteiger partial charge < -0.3 is 14.6 Å². The maximum absolute atomic E-state index is 11.3. The maximum Gasteiger partial charge on any atom is 0.373 e. The molecule has 0 aliphatic carbocycles. The van der Waals surface area contributed by atoms with Gasteiger partial charge in [0.25, 0.3) is 0 Å². The van der Waals surface area contributed by atoms with Crippen LogP contribution in [0.4, 0.5) is 0 Å². The van der Waals surface area contributed by atoms with E-state index in [1.54, 1.807) is 25.1 Å². The summed E-state index contributed by atoms with van der Waals surface area (Å²) in [5.41, 5.74) is 1.44. The molecule has 1 aromatic heterocycles. The maximum atomic E-state index is 11.3. The molecule has 0 saturated heterocycles. The average molecular weight is 299 g/mol. The van der Waals surface area contributed by atoms with Crippen LogP contribution in [0.15, 0.2) is 54.3 Å². The third-order valence-corrected chi connectivity index (χ3v) is 2.74. The third kappa shape index (κ3) is 4.63. The Morgan fingerprint density at radius 3 is 2.68 bits per heavy atom. The van der Waals surface area contributed by atoms with Crippen LogP contribution < -0.4 is 4.74 Å². The Balaban J connectivity index is 2.03. The second-order valence-corrected chi connectivity index (χ2v) is 4.43. The highest BCUT2D eigenvalue weighted by Gasteiger charge is 2.08. The second kappa shape index (κ2) is 7.83. The van der Waals surface area contributed by atoms with Gasteiger partial charge in [-0.25, -0.2) is 9.78 Å². The Morgan fingerprint density at radius 1 is 1.18 bits per heavy atom. The van der Waals surface area contributed by atoms with Crippen molar-refractivity contribution in [3.05, 3.63) is 65.5 Å². The summed E-state index contributed by atoms with van der Waals surface area (Å²) in [6.07, 6.45) is 1.24. The molecule has 0 atom stereocenters. The number of rotatable bonds is 6. The first-order valence-electron chi connectivity index (χ1n) is 6.90. The number of esters is 1. The quantitative estimate of drug-likeness (QED) is 0.504. The van der Waals surface area contributed by atoms with Crippen LogP contribution in [0, 0.1) is 0 Å². The number of ether oxygens (including phenoxy) is 2. The molecule has 1 heterocycles. The molecule has 2 rings (SSSR count). The van der Waals surface area contributed by atoms with Crippen molar-refractivity contribution in [1.82, 2.24) is 4.98 Å². The summed E-state index contributed by atoms with van der Waals surface area (Å²) in [7, 11) is 0. The van der Waals surface area contributed by atoms with E-state index >= 15 is 0 Å². The van der Waals surface area contributed by atoms with E-state index in [0.717, 1.165) is 5.56 Å². The first-order valence-corrected chi connectivity index (χ1v) is 6.90. The lowest BCUT2D eigenvalue weighted by atomic mass is 10.2. The molecule has 2 aromatic rings. The number of hydrogen-bond acceptors (Lipinski definition) is 5. The van der Waals surface area contributed by atoms with Gasteiger partial charge in [-0.05, 0) is 18.6 Å². The number of carbonyl (C=O) groups is 1. The molecule has 1 aromatic carbocycles. The topological polar surface area (TPSA) is 68.7 Å². The SMILES string of the molecule is CCOC(=O)/C(O)=C/c1cccc(OCc2ccccc2)n1. The Kier molecular flexibility index (Phi) is 5.54. The van der Waals surface area contributed by atoms with Gasteiger partial charge in [-0.2, -0.15) is 0 Å². The Labute approximate surface area is 128 Å². The fourth-order valence-electron chi connectivity index (χ4n) is 1.73. The predicted octanol–water partition coefficient (Wildman–Crippen LogP) is 3.12. The fraction of sp³-hybridized carbons (Fsp3) is 0.176. The first kappa shape index (κ1) is 15.6. The van der Waals surface area contributed by atoms with E-state index in [0.29, 0.717) is 18.2 Å². The normalized spacial score (nSPS) is 11.0. The van der Waals surface area contributed by atoms with Crippen molar-refractivity contribution < 1.29 is 19.4 Å². The molecule has 0 amide bonds. The fourth-order valence-corrected chi connectivity index (χ4v) is 1.73. The largest absolute Gasteiger partial charge is 0.502 e. The zero-order chi connectivity index (χ0) is 15.8. The molecule has 5 nitrogen and oxygen atoms in total. The number of carbonyl (C=O) groups excluding carboxylic acids is 1. The number of aromatic nitrogens is 1. The summed E-state index contributed by atoms with van der Waals surface area (Å²) in [5, 5.41) is 9.61. The van der Waals surface area contributed by atoms with Crippen LogP contribution in [0.2, 0.25) is 0 Å². The van der Waals surface area contributed by atoms with Gasteiger partial charge in [-0.1, -0.05) is 36.4 Å². The molecule has 114 valence electrons. The van der Waals surface area contributed by atoms with Crippen LogP contribution in [0.5, 0.6) is 5.88 Å². The number of benzene rings is 1. The third-order valence-electron chi connectivity index (χ3n) is 2.74. The van der Waals surface area contributed by atoms with E-state index in [9.17, 15) is 9.90 Å². The van der Waals surface area contributed by atoms with E-state index in [1.807, 2.05) is 30.3 Å². The summed E-state index contributed by atoms with van der Waals surface area (Å²) in [4.78, 5) is 15.5. The first-order chi connectivity index (χ1) is 10.7.